The summed E-state index contributed by atoms with van der Waals surface area (Å²) in [5.74, 6) is 1.62. The molecule has 0 saturated carbocycles. The van der Waals surface area contributed by atoms with E-state index >= 15 is 0 Å². The number of amides is 2. The highest BCUT2D eigenvalue weighted by Crippen LogP contribution is 2.26. The number of rotatable bonds is 4. The molecule has 0 bridgehead atoms. The van der Waals surface area contributed by atoms with Crippen molar-refractivity contribution in [3.05, 3.63) is 46.0 Å². The van der Waals surface area contributed by atoms with Crippen LogP contribution in [0.5, 0.6) is 0 Å². The van der Waals surface area contributed by atoms with Crippen molar-refractivity contribution in [3.8, 4) is 0 Å². The van der Waals surface area contributed by atoms with Crippen molar-refractivity contribution in [1.29, 1.82) is 0 Å². The number of urea groups is 1. The van der Waals surface area contributed by atoms with Crippen LogP contribution in [0.25, 0.3) is 0 Å². The molecular weight excluding hydrogens is 312 g/mol. The number of carbonyl (C=O) groups excluding carboxylic acids is 1. The topological polar surface area (TPSA) is 54.7 Å². The lowest BCUT2D eigenvalue weighted by molar-refractivity contribution is 0.00360. The van der Waals surface area contributed by atoms with Crippen LogP contribution >= 0.6 is 11.3 Å². The van der Waals surface area contributed by atoms with Crippen LogP contribution in [0.15, 0.2) is 33.4 Å². The summed E-state index contributed by atoms with van der Waals surface area (Å²) < 4.78 is 11.2. The molecule has 2 aromatic rings. The number of morpholine rings is 1. The maximum atomic E-state index is 12.6. The number of ether oxygens (including phenoxy) is 1. The number of aryl methyl sites for hydroxylation is 1. The van der Waals surface area contributed by atoms with Crippen LogP contribution < -0.4 is 5.32 Å². The molecule has 1 N–H and O–H groups in total. The Morgan fingerprint density at radius 1 is 1.48 bits per heavy atom. The first kappa shape index (κ1) is 16.1. The minimum atomic E-state index is -0.161. The molecule has 2 unspecified atom stereocenters. The number of thiophene rings is 1. The first-order valence-corrected chi connectivity index (χ1v) is 8.80. The monoisotopic (exact) mass is 334 g/mol. The average molecular weight is 334 g/mol. The van der Waals surface area contributed by atoms with Gasteiger partial charge in [-0.15, -0.1) is 0 Å². The van der Waals surface area contributed by atoms with E-state index in [0.29, 0.717) is 19.8 Å². The molecule has 6 heteroatoms. The lowest BCUT2D eigenvalue weighted by atomic mass is 10.1. The van der Waals surface area contributed by atoms with Crippen molar-refractivity contribution in [3.63, 3.8) is 0 Å². The second-order valence-corrected chi connectivity index (χ2v) is 6.70. The third-order valence-electron chi connectivity index (χ3n) is 3.97. The SMILES string of the molecule is Cc1ccc(C2COCCN2C(=O)NC(C)Cc2ccsc2)o1. The lowest BCUT2D eigenvalue weighted by Gasteiger charge is -2.35. The van der Waals surface area contributed by atoms with Crippen molar-refractivity contribution < 1.29 is 13.9 Å². The molecular formula is C17H22N2O3S. The number of nitrogens with one attached hydrogen (secondary N) is 1. The van der Waals surface area contributed by atoms with Gasteiger partial charge in [-0.05, 0) is 54.8 Å². The van der Waals surface area contributed by atoms with E-state index in [9.17, 15) is 4.79 Å². The van der Waals surface area contributed by atoms with Gasteiger partial charge < -0.3 is 19.4 Å². The van der Waals surface area contributed by atoms with Crippen LogP contribution in [0.3, 0.4) is 0 Å². The van der Waals surface area contributed by atoms with Crippen LogP contribution in [-0.4, -0.2) is 36.7 Å². The fraction of sp³-hybridized carbons (Fsp3) is 0.471. The van der Waals surface area contributed by atoms with Crippen molar-refractivity contribution >= 4 is 17.4 Å². The molecule has 2 amide bonds. The summed E-state index contributed by atoms with van der Waals surface area (Å²) in [7, 11) is 0. The van der Waals surface area contributed by atoms with E-state index in [1.54, 1.807) is 11.3 Å². The van der Waals surface area contributed by atoms with Gasteiger partial charge in [-0.25, -0.2) is 4.79 Å². The molecule has 2 atom stereocenters. The summed E-state index contributed by atoms with van der Waals surface area (Å²) in [5, 5.41) is 7.26. The Hall–Kier alpha value is -1.79. The fourth-order valence-electron chi connectivity index (χ4n) is 2.82. The van der Waals surface area contributed by atoms with Crippen LogP contribution in [0, 0.1) is 6.92 Å². The summed E-state index contributed by atoms with van der Waals surface area (Å²) in [6.45, 7) is 5.53. The Morgan fingerprint density at radius 2 is 2.35 bits per heavy atom. The summed E-state index contributed by atoms with van der Waals surface area (Å²) >= 11 is 1.68. The summed E-state index contributed by atoms with van der Waals surface area (Å²) in [4.78, 5) is 14.5. The van der Waals surface area contributed by atoms with Gasteiger partial charge in [-0.2, -0.15) is 11.3 Å². The van der Waals surface area contributed by atoms with Crippen molar-refractivity contribution in [2.24, 2.45) is 0 Å². The van der Waals surface area contributed by atoms with E-state index in [1.807, 2.05) is 30.9 Å². The zero-order chi connectivity index (χ0) is 16.2. The molecule has 0 radical (unpaired) electrons. The van der Waals surface area contributed by atoms with Crippen molar-refractivity contribution in [2.45, 2.75) is 32.4 Å². The van der Waals surface area contributed by atoms with Crippen LogP contribution in [0.2, 0.25) is 0 Å². The molecule has 0 aromatic carbocycles. The highest BCUT2D eigenvalue weighted by atomic mass is 32.1. The Bertz CT molecular complexity index is 638. The van der Waals surface area contributed by atoms with Gasteiger partial charge in [-0.3, -0.25) is 0 Å². The molecule has 124 valence electrons. The van der Waals surface area contributed by atoms with E-state index in [2.05, 4.69) is 22.1 Å². The van der Waals surface area contributed by atoms with Gasteiger partial charge in [0.05, 0.1) is 13.2 Å². The zero-order valence-corrected chi connectivity index (χ0v) is 14.3. The van der Waals surface area contributed by atoms with Crippen LogP contribution in [0.1, 0.15) is 30.0 Å². The molecule has 1 aliphatic heterocycles. The number of nitrogens with zero attached hydrogens (tertiary/aromatic N) is 1. The van der Waals surface area contributed by atoms with Crippen molar-refractivity contribution in [1.82, 2.24) is 10.2 Å². The van der Waals surface area contributed by atoms with E-state index in [-0.39, 0.29) is 18.1 Å². The third-order valence-corrected chi connectivity index (χ3v) is 4.70. The number of furan rings is 1. The van der Waals surface area contributed by atoms with Gasteiger partial charge in [0.2, 0.25) is 0 Å². The zero-order valence-electron chi connectivity index (χ0n) is 13.5. The van der Waals surface area contributed by atoms with E-state index in [4.69, 9.17) is 9.15 Å². The van der Waals surface area contributed by atoms with Gasteiger partial charge in [0.15, 0.2) is 0 Å². The molecule has 3 heterocycles. The maximum Gasteiger partial charge on any atom is 0.318 e. The Labute approximate surface area is 140 Å². The molecule has 0 aliphatic carbocycles. The first-order chi connectivity index (χ1) is 11.1. The molecule has 1 aliphatic rings. The lowest BCUT2D eigenvalue weighted by Crippen LogP contribution is -2.50. The molecule has 2 aromatic heterocycles. The van der Waals surface area contributed by atoms with E-state index < -0.39 is 0 Å². The summed E-state index contributed by atoms with van der Waals surface area (Å²) in [6.07, 6.45) is 0.837. The Morgan fingerprint density at radius 3 is 3.04 bits per heavy atom. The molecule has 0 spiro atoms. The molecule has 1 fully saturated rings. The van der Waals surface area contributed by atoms with Gasteiger partial charge in [0.25, 0.3) is 0 Å². The van der Waals surface area contributed by atoms with E-state index in [1.165, 1.54) is 5.56 Å². The Kier molecular flexibility index (Phi) is 5.03. The molecule has 1 saturated heterocycles. The van der Waals surface area contributed by atoms with Crippen LogP contribution in [0.4, 0.5) is 4.79 Å². The fourth-order valence-corrected chi connectivity index (χ4v) is 3.50. The van der Waals surface area contributed by atoms with Crippen LogP contribution in [-0.2, 0) is 11.2 Å². The molecule has 5 nitrogen and oxygen atoms in total. The highest BCUT2D eigenvalue weighted by molar-refractivity contribution is 7.07. The second kappa shape index (κ2) is 7.19. The standard InChI is InChI=1S/C17H22N2O3S/c1-12(9-14-5-8-23-11-14)18-17(20)19-6-7-21-10-15(19)16-4-3-13(2)22-16/h3-5,8,11-12,15H,6-7,9-10H2,1-2H3,(H,18,20). The minimum absolute atomic E-state index is 0.0601. The average Bonchev–Trinajstić information content (AvgIpc) is 3.18. The number of hydrogen-bond acceptors (Lipinski definition) is 4. The summed E-state index contributed by atoms with van der Waals surface area (Å²) in [6, 6.07) is 5.79. The maximum absolute atomic E-state index is 12.6. The van der Waals surface area contributed by atoms with Gasteiger partial charge in [0, 0.05) is 12.6 Å². The predicted molar refractivity (Wildman–Crippen MR) is 89.7 cm³/mol. The summed E-state index contributed by atoms with van der Waals surface area (Å²) in [5.41, 5.74) is 1.25. The second-order valence-electron chi connectivity index (χ2n) is 5.92. The third kappa shape index (κ3) is 3.95. The van der Waals surface area contributed by atoms with Gasteiger partial charge in [0.1, 0.15) is 17.6 Å². The van der Waals surface area contributed by atoms with Gasteiger partial charge >= 0.3 is 6.03 Å². The minimum Gasteiger partial charge on any atom is -0.464 e. The van der Waals surface area contributed by atoms with Gasteiger partial charge in [-0.1, -0.05) is 0 Å². The predicted octanol–water partition coefficient (Wildman–Crippen LogP) is 3.36. The largest absolute Gasteiger partial charge is 0.464 e. The van der Waals surface area contributed by atoms with Crippen molar-refractivity contribution in [2.75, 3.05) is 19.8 Å². The Balaban J connectivity index is 1.64. The normalized spacial score (nSPS) is 19.6. The molecule has 23 heavy (non-hydrogen) atoms. The first-order valence-electron chi connectivity index (χ1n) is 7.86. The number of carbonyl (C=O) groups is 1. The number of hydrogen-bond donors (Lipinski definition) is 1. The smallest absolute Gasteiger partial charge is 0.318 e. The van der Waals surface area contributed by atoms with E-state index in [0.717, 1.165) is 17.9 Å². The quantitative estimate of drug-likeness (QED) is 0.933. The molecule has 3 rings (SSSR count). The highest BCUT2D eigenvalue weighted by Gasteiger charge is 2.31.